The highest BCUT2D eigenvalue weighted by Gasteiger charge is 2.09. The second-order valence-corrected chi connectivity index (χ2v) is 4.72. The number of carbonyl (C=O) groups excluding carboxylic acids is 2. The first-order valence-corrected chi connectivity index (χ1v) is 7.21. The fourth-order valence-corrected chi connectivity index (χ4v) is 1.94. The molecule has 0 saturated carbocycles. The second-order valence-electron chi connectivity index (χ2n) is 4.72. The molecule has 2 aromatic rings. The average molecular weight is 314 g/mol. The Bertz CT molecular complexity index is 659. The maximum absolute atomic E-state index is 12.0. The Kier molecular flexibility index (Phi) is 5.74. The Hall–Kier alpha value is -2.82. The molecule has 0 spiro atoms. The topological polar surface area (TPSA) is 61.8 Å². The largest absolute Gasteiger partial charge is 0.494 e. The number of hydrogen-bond donors (Lipinski definition) is 0. The third-order valence-electron chi connectivity index (χ3n) is 3.15. The molecule has 0 aliphatic rings. The first-order chi connectivity index (χ1) is 11.1. The molecule has 5 heteroatoms. The molecule has 23 heavy (non-hydrogen) atoms. The molecule has 5 nitrogen and oxygen atoms in total. The number of benzene rings is 2. The number of hydrogen-bond acceptors (Lipinski definition) is 5. The van der Waals surface area contributed by atoms with Crippen LogP contribution in [0.25, 0.3) is 0 Å². The summed E-state index contributed by atoms with van der Waals surface area (Å²) in [5, 5.41) is 0. The minimum Gasteiger partial charge on any atom is -0.494 e. The van der Waals surface area contributed by atoms with Gasteiger partial charge in [0, 0.05) is 0 Å². The number of ether oxygens (including phenoxy) is 3. The number of esters is 2. The summed E-state index contributed by atoms with van der Waals surface area (Å²) < 4.78 is 15.2. The van der Waals surface area contributed by atoms with Crippen LogP contribution in [0, 0.1) is 0 Å². The van der Waals surface area contributed by atoms with Crippen molar-refractivity contribution in [3.8, 4) is 5.75 Å². The van der Waals surface area contributed by atoms with Gasteiger partial charge in [0.2, 0.25) is 0 Å². The standard InChI is InChI=1S/C18H18O5/c1-3-22-16-10-8-15(9-11-16)18(20)23-12-13-4-6-14(7-5-13)17(19)21-2/h4-11H,3,12H2,1-2H3. The first-order valence-electron chi connectivity index (χ1n) is 7.21. The van der Waals surface area contributed by atoms with Gasteiger partial charge in [0.1, 0.15) is 12.4 Å². The molecule has 0 aromatic heterocycles. The fraction of sp³-hybridized carbons (Fsp3) is 0.222. The van der Waals surface area contributed by atoms with Crippen molar-refractivity contribution in [1.82, 2.24) is 0 Å². The van der Waals surface area contributed by atoms with Crippen molar-refractivity contribution in [2.45, 2.75) is 13.5 Å². The van der Waals surface area contributed by atoms with Crippen LogP contribution in [-0.2, 0) is 16.1 Å². The van der Waals surface area contributed by atoms with Gasteiger partial charge in [-0.2, -0.15) is 0 Å². The molecule has 2 rings (SSSR count). The average Bonchev–Trinajstić information content (AvgIpc) is 2.60. The molecule has 0 saturated heterocycles. The zero-order chi connectivity index (χ0) is 16.7. The lowest BCUT2D eigenvalue weighted by Crippen LogP contribution is -2.06. The quantitative estimate of drug-likeness (QED) is 0.766. The third kappa shape index (κ3) is 4.57. The lowest BCUT2D eigenvalue weighted by molar-refractivity contribution is 0.0471. The SMILES string of the molecule is CCOc1ccc(C(=O)OCc2ccc(C(=O)OC)cc2)cc1. The monoisotopic (exact) mass is 314 g/mol. The van der Waals surface area contributed by atoms with Crippen LogP contribution in [0.2, 0.25) is 0 Å². The normalized spacial score (nSPS) is 10.0. The zero-order valence-corrected chi connectivity index (χ0v) is 13.1. The van der Waals surface area contributed by atoms with Crippen LogP contribution in [0.3, 0.4) is 0 Å². The Morgan fingerprint density at radius 1 is 0.870 bits per heavy atom. The first kappa shape index (κ1) is 16.5. The van der Waals surface area contributed by atoms with Gasteiger partial charge in [-0.1, -0.05) is 12.1 Å². The Labute approximate surface area is 134 Å². The molecule has 0 atom stereocenters. The maximum atomic E-state index is 12.0. The predicted octanol–water partition coefficient (Wildman–Crippen LogP) is 3.23. The van der Waals surface area contributed by atoms with Gasteiger partial charge >= 0.3 is 11.9 Å². The molecule has 0 aliphatic heterocycles. The summed E-state index contributed by atoms with van der Waals surface area (Å²) in [5.74, 6) is -0.101. The summed E-state index contributed by atoms with van der Waals surface area (Å²) in [6, 6.07) is 13.5. The van der Waals surface area contributed by atoms with Crippen LogP contribution >= 0.6 is 0 Å². The lowest BCUT2D eigenvalue weighted by atomic mass is 10.1. The van der Waals surface area contributed by atoms with E-state index in [1.54, 1.807) is 48.5 Å². The minimum absolute atomic E-state index is 0.132. The van der Waals surface area contributed by atoms with Crippen molar-refractivity contribution < 1.29 is 23.8 Å². The van der Waals surface area contributed by atoms with E-state index in [-0.39, 0.29) is 6.61 Å². The van der Waals surface area contributed by atoms with E-state index in [2.05, 4.69) is 4.74 Å². The minimum atomic E-state index is -0.412. The summed E-state index contributed by atoms with van der Waals surface area (Å²) in [6.45, 7) is 2.60. The van der Waals surface area contributed by atoms with Crippen LogP contribution < -0.4 is 4.74 Å². The number of rotatable bonds is 6. The number of carbonyl (C=O) groups is 2. The van der Waals surface area contributed by atoms with Gasteiger partial charge in [-0.15, -0.1) is 0 Å². The van der Waals surface area contributed by atoms with Gasteiger partial charge in [-0.25, -0.2) is 9.59 Å². The van der Waals surface area contributed by atoms with Crippen LogP contribution in [0.5, 0.6) is 5.75 Å². The Morgan fingerprint density at radius 3 is 2.00 bits per heavy atom. The van der Waals surface area contributed by atoms with Crippen LogP contribution in [0.1, 0.15) is 33.2 Å². The maximum Gasteiger partial charge on any atom is 0.338 e. The molecule has 0 N–H and O–H groups in total. The summed E-state index contributed by atoms with van der Waals surface area (Å²) in [6.07, 6.45) is 0. The van der Waals surface area contributed by atoms with E-state index in [4.69, 9.17) is 9.47 Å². The van der Waals surface area contributed by atoms with E-state index in [0.29, 0.717) is 23.5 Å². The summed E-state index contributed by atoms with van der Waals surface area (Å²) >= 11 is 0. The molecule has 0 radical (unpaired) electrons. The zero-order valence-electron chi connectivity index (χ0n) is 13.1. The van der Waals surface area contributed by atoms with Crippen LogP contribution in [0.4, 0.5) is 0 Å². The fourth-order valence-electron chi connectivity index (χ4n) is 1.94. The van der Waals surface area contributed by atoms with Gasteiger partial charge in [0.05, 0.1) is 24.8 Å². The van der Waals surface area contributed by atoms with E-state index in [1.807, 2.05) is 6.92 Å². The third-order valence-corrected chi connectivity index (χ3v) is 3.15. The highest BCUT2D eigenvalue weighted by Crippen LogP contribution is 2.14. The van der Waals surface area contributed by atoms with Crippen molar-refractivity contribution in [3.63, 3.8) is 0 Å². The van der Waals surface area contributed by atoms with Gasteiger partial charge in [0.25, 0.3) is 0 Å². The predicted molar refractivity (Wildman–Crippen MR) is 84.5 cm³/mol. The van der Waals surface area contributed by atoms with Gasteiger partial charge < -0.3 is 14.2 Å². The van der Waals surface area contributed by atoms with Crippen LogP contribution in [0.15, 0.2) is 48.5 Å². The summed E-state index contributed by atoms with van der Waals surface area (Å²) in [5.41, 5.74) is 1.70. The molecule has 0 heterocycles. The molecule has 0 unspecified atom stereocenters. The molecule has 0 bridgehead atoms. The van der Waals surface area contributed by atoms with E-state index >= 15 is 0 Å². The molecular formula is C18H18O5. The summed E-state index contributed by atoms with van der Waals surface area (Å²) in [7, 11) is 1.33. The van der Waals surface area contributed by atoms with Crippen molar-refractivity contribution in [2.75, 3.05) is 13.7 Å². The van der Waals surface area contributed by atoms with Crippen molar-refractivity contribution >= 4 is 11.9 Å². The van der Waals surface area contributed by atoms with Crippen molar-refractivity contribution in [3.05, 3.63) is 65.2 Å². The Morgan fingerprint density at radius 2 is 1.43 bits per heavy atom. The van der Waals surface area contributed by atoms with Gasteiger partial charge in [-0.05, 0) is 48.9 Å². The van der Waals surface area contributed by atoms with E-state index < -0.39 is 11.9 Å². The van der Waals surface area contributed by atoms with Crippen molar-refractivity contribution in [1.29, 1.82) is 0 Å². The van der Waals surface area contributed by atoms with Gasteiger partial charge in [0.15, 0.2) is 0 Å². The van der Waals surface area contributed by atoms with E-state index in [9.17, 15) is 9.59 Å². The molecule has 2 aromatic carbocycles. The van der Waals surface area contributed by atoms with Crippen molar-refractivity contribution in [2.24, 2.45) is 0 Å². The van der Waals surface area contributed by atoms with Crippen LogP contribution in [-0.4, -0.2) is 25.7 Å². The number of methoxy groups -OCH3 is 1. The Balaban J connectivity index is 1.92. The second kappa shape index (κ2) is 7.98. The highest BCUT2D eigenvalue weighted by atomic mass is 16.5. The highest BCUT2D eigenvalue weighted by molar-refractivity contribution is 5.90. The molecular weight excluding hydrogens is 296 g/mol. The molecule has 0 fully saturated rings. The lowest BCUT2D eigenvalue weighted by Gasteiger charge is -2.07. The molecule has 0 aliphatic carbocycles. The molecule has 120 valence electrons. The smallest absolute Gasteiger partial charge is 0.338 e. The summed E-state index contributed by atoms with van der Waals surface area (Å²) in [4.78, 5) is 23.3. The van der Waals surface area contributed by atoms with Gasteiger partial charge in [-0.3, -0.25) is 0 Å². The molecule has 0 amide bonds. The van der Waals surface area contributed by atoms with E-state index in [1.165, 1.54) is 7.11 Å². The van der Waals surface area contributed by atoms with E-state index in [0.717, 1.165) is 5.56 Å².